The van der Waals surface area contributed by atoms with E-state index in [-0.39, 0.29) is 34.8 Å². The fraction of sp³-hybridized carbons (Fsp3) is 0.448. The van der Waals surface area contributed by atoms with Gasteiger partial charge < -0.3 is 10.1 Å². The molecule has 0 saturated carbocycles. The SMILES string of the molecule is COc1ccccc1[C@H]1SCC(=O)N(CC(=O)NCc2cccnc2)c2c1c(C(C)(C)C)nn2C(C)(C)C. The summed E-state index contributed by atoms with van der Waals surface area (Å²) in [4.78, 5) is 32.6. The minimum absolute atomic E-state index is 0.101. The second-order valence-electron chi connectivity index (χ2n) is 11.5. The van der Waals surface area contributed by atoms with E-state index in [0.29, 0.717) is 12.4 Å². The molecule has 1 N–H and O–H groups in total. The fourth-order valence-electron chi connectivity index (χ4n) is 4.57. The highest BCUT2D eigenvalue weighted by atomic mass is 32.2. The van der Waals surface area contributed by atoms with E-state index < -0.39 is 5.54 Å². The number of anilines is 1. The van der Waals surface area contributed by atoms with Crippen molar-refractivity contribution in [2.24, 2.45) is 0 Å². The first-order valence-electron chi connectivity index (χ1n) is 12.8. The van der Waals surface area contributed by atoms with Gasteiger partial charge in [0.25, 0.3) is 0 Å². The number of para-hydroxylation sites is 1. The van der Waals surface area contributed by atoms with E-state index in [1.807, 2.05) is 41.1 Å². The Morgan fingerprint density at radius 1 is 1.13 bits per heavy atom. The highest BCUT2D eigenvalue weighted by molar-refractivity contribution is 8.00. The first-order chi connectivity index (χ1) is 17.9. The van der Waals surface area contributed by atoms with Gasteiger partial charge >= 0.3 is 0 Å². The van der Waals surface area contributed by atoms with Crippen LogP contribution >= 0.6 is 11.8 Å². The molecule has 1 aromatic carbocycles. The standard InChI is InChI=1S/C29H37N5O3S/c1-28(2,3)26-24-25(20-12-8-9-13-21(20)37-7)38-18-23(36)33(27(24)34(32-26)29(4,5)6)17-22(35)31-16-19-11-10-14-30-15-19/h8-15,25H,16-18H2,1-7H3,(H,31,35)/t25-/m1/s1. The van der Waals surface area contributed by atoms with Crippen LogP contribution in [0.3, 0.4) is 0 Å². The summed E-state index contributed by atoms with van der Waals surface area (Å²) in [6, 6.07) is 11.6. The van der Waals surface area contributed by atoms with Gasteiger partial charge in [0.15, 0.2) is 0 Å². The van der Waals surface area contributed by atoms with Crippen molar-refractivity contribution in [3.8, 4) is 5.75 Å². The Hall–Kier alpha value is -3.33. The van der Waals surface area contributed by atoms with Gasteiger partial charge in [-0.3, -0.25) is 19.5 Å². The van der Waals surface area contributed by atoms with E-state index in [1.54, 1.807) is 36.2 Å². The van der Waals surface area contributed by atoms with Crippen molar-refractivity contribution in [2.75, 3.05) is 24.3 Å². The third-order valence-electron chi connectivity index (χ3n) is 6.37. The molecule has 0 radical (unpaired) electrons. The van der Waals surface area contributed by atoms with Gasteiger partial charge in [-0.05, 0) is 38.5 Å². The van der Waals surface area contributed by atoms with Crippen molar-refractivity contribution in [3.05, 3.63) is 71.2 Å². The average molecular weight is 536 g/mol. The Labute approximate surface area is 229 Å². The maximum atomic E-state index is 13.7. The Morgan fingerprint density at radius 2 is 1.87 bits per heavy atom. The number of aromatic nitrogens is 3. The van der Waals surface area contributed by atoms with Crippen LogP contribution in [0.15, 0.2) is 48.8 Å². The second kappa shape index (κ2) is 10.8. The highest BCUT2D eigenvalue weighted by Gasteiger charge is 2.42. The van der Waals surface area contributed by atoms with E-state index in [1.165, 1.54) is 0 Å². The molecule has 202 valence electrons. The number of thioether (sulfide) groups is 1. The summed E-state index contributed by atoms with van der Waals surface area (Å²) in [7, 11) is 1.66. The number of fused-ring (bicyclic) bond motifs is 1. The molecule has 4 rings (SSSR count). The van der Waals surface area contributed by atoms with Crippen molar-refractivity contribution < 1.29 is 14.3 Å². The van der Waals surface area contributed by atoms with Crippen LogP contribution in [0.1, 0.15) is 69.2 Å². The molecule has 0 aliphatic carbocycles. The van der Waals surface area contributed by atoms with Gasteiger partial charge in [0.05, 0.1) is 29.3 Å². The van der Waals surface area contributed by atoms with Gasteiger partial charge in [0.1, 0.15) is 18.1 Å². The van der Waals surface area contributed by atoms with Crippen LogP contribution in [0.5, 0.6) is 5.75 Å². The van der Waals surface area contributed by atoms with Crippen LogP contribution in [0.4, 0.5) is 5.82 Å². The molecule has 9 heteroatoms. The van der Waals surface area contributed by atoms with E-state index >= 15 is 0 Å². The molecule has 8 nitrogen and oxygen atoms in total. The Balaban J connectivity index is 1.85. The number of hydrogen-bond acceptors (Lipinski definition) is 6. The number of rotatable bonds is 6. The number of nitrogens with zero attached hydrogens (tertiary/aromatic N) is 4. The molecule has 3 heterocycles. The summed E-state index contributed by atoms with van der Waals surface area (Å²) in [5, 5.41) is 7.87. The van der Waals surface area contributed by atoms with Crippen molar-refractivity contribution in [1.82, 2.24) is 20.1 Å². The molecule has 0 fully saturated rings. The molecule has 3 aromatic rings. The van der Waals surface area contributed by atoms with Crippen molar-refractivity contribution in [1.29, 1.82) is 0 Å². The molecule has 0 unspecified atom stereocenters. The molecule has 38 heavy (non-hydrogen) atoms. The number of hydrogen-bond donors (Lipinski definition) is 1. The number of benzene rings is 1. The van der Waals surface area contributed by atoms with E-state index in [9.17, 15) is 9.59 Å². The lowest BCUT2D eigenvalue weighted by molar-refractivity contribution is -0.123. The van der Waals surface area contributed by atoms with Crippen molar-refractivity contribution >= 4 is 29.4 Å². The second-order valence-corrected chi connectivity index (χ2v) is 12.6. The number of methoxy groups -OCH3 is 1. The van der Waals surface area contributed by atoms with Gasteiger partial charge in [0, 0.05) is 35.5 Å². The normalized spacial score (nSPS) is 16.1. The Morgan fingerprint density at radius 3 is 2.50 bits per heavy atom. The van der Waals surface area contributed by atoms with Gasteiger partial charge in [-0.15, -0.1) is 11.8 Å². The lowest BCUT2D eigenvalue weighted by atomic mass is 9.87. The van der Waals surface area contributed by atoms with Gasteiger partial charge in [0.2, 0.25) is 11.8 Å². The third kappa shape index (κ3) is 5.72. The molecule has 0 bridgehead atoms. The lowest BCUT2D eigenvalue weighted by Crippen LogP contribution is -2.43. The molecule has 1 atom stereocenters. The molecule has 0 saturated heterocycles. The number of pyridine rings is 1. The molecule has 2 amide bonds. The van der Waals surface area contributed by atoms with Gasteiger partial charge in [-0.25, -0.2) is 4.68 Å². The number of ether oxygens (including phenoxy) is 1. The summed E-state index contributed by atoms with van der Waals surface area (Å²) in [6.07, 6.45) is 3.41. The number of carbonyl (C=O) groups is 2. The summed E-state index contributed by atoms with van der Waals surface area (Å²) in [5.41, 5.74) is 3.00. The topological polar surface area (TPSA) is 89.3 Å². The molecule has 0 spiro atoms. The largest absolute Gasteiger partial charge is 0.496 e. The average Bonchev–Trinajstić information content (AvgIpc) is 3.23. The van der Waals surface area contributed by atoms with Crippen molar-refractivity contribution in [2.45, 2.75) is 64.3 Å². The van der Waals surface area contributed by atoms with Crippen molar-refractivity contribution in [3.63, 3.8) is 0 Å². The van der Waals surface area contributed by atoms with E-state index in [0.717, 1.165) is 28.1 Å². The monoisotopic (exact) mass is 535 g/mol. The molecule has 1 aliphatic heterocycles. The zero-order valence-electron chi connectivity index (χ0n) is 23.2. The summed E-state index contributed by atoms with van der Waals surface area (Å²) in [6.45, 7) is 12.8. The van der Waals surface area contributed by atoms with Gasteiger partial charge in [-0.1, -0.05) is 45.0 Å². The lowest BCUT2D eigenvalue weighted by Gasteiger charge is -2.29. The van der Waals surface area contributed by atoms with Crippen LogP contribution in [-0.4, -0.2) is 46.0 Å². The van der Waals surface area contributed by atoms with Crippen LogP contribution < -0.4 is 15.0 Å². The zero-order chi connectivity index (χ0) is 27.7. The smallest absolute Gasteiger partial charge is 0.240 e. The van der Waals surface area contributed by atoms with E-state index in [2.05, 4.69) is 51.8 Å². The van der Waals surface area contributed by atoms with Crippen LogP contribution in [0.2, 0.25) is 0 Å². The summed E-state index contributed by atoms with van der Waals surface area (Å²) in [5.74, 6) is 1.28. The van der Waals surface area contributed by atoms with Crippen LogP contribution in [-0.2, 0) is 27.1 Å². The zero-order valence-corrected chi connectivity index (χ0v) is 24.1. The quantitative estimate of drug-likeness (QED) is 0.487. The summed E-state index contributed by atoms with van der Waals surface area (Å²) >= 11 is 1.55. The number of amides is 2. The number of carbonyl (C=O) groups excluding carboxylic acids is 2. The van der Waals surface area contributed by atoms with Gasteiger partial charge in [-0.2, -0.15) is 5.10 Å². The Bertz CT molecular complexity index is 1310. The maximum absolute atomic E-state index is 13.7. The fourth-order valence-corrected chi connectivity index (χ4v) is 5.80. The maximum Gasteiger partial charge on any atom is 0.240 e. The van der Waals surface area contributed by atoms with Crippen LogP contribution in [0, 0.1) is 0 Å². The number of nitrogens with one attached hydrogen (secondary N) is 1. The minimum Gasteiger partial charge on any atom is -0.496 e. The molecular formula is C29H37N5O3S. The highest BCUT2D eigenvalue weighted by Crippen LogP contribution is 2.50. The third-order valence-corrected chi connectivity index (χ3v) is 7.61. The van der Waals surface area contributed by atoms with Crippen LogP contribution in [0.25, 0.3) is 0 Å². The molecular weight excluding hydrogens is 498 g/mol. The Kier molecular flexibility index (Phi) is 7.88. The van der Waals surface area contributed by atoms with E-state index in [4.69, 9.17) is 9.84 Å². The predicted molar refractivity (Wildman–Crippen MR) is 152 cm³/mol. The first kappa shape index (κ1) is 27.7. The minimum atomic E-state index is -0.432. The summed E-state index contributed by atoms with van der Waals surface area (Å²) < 4.78 is 7.66. The molecule has 2 aromatic heterocycles. The first-order valence-corrected chi connectivity index (χ1v) is 13.8. The predicted octanol–water partition coefficient (Wildman–Crippen LogP) is 4.82. The molecule has 1 aliphatic rings.